The molecule has 7 rings (SSSR count). The number of rotatable bonds is 4. The van der Waals surface area contributed by atoms with E-state index >= 15 is 0 Å². The molecule has 200 valence electrons. The lowest BCUT2D eigenvalue weighted by molar-refractivity contribution is -0.670. The van der Waals surface area contributed by atoms with Gasteiger partial charge in [-0.25, -0.2) is 4.57 Å². The summed E-state index contributed by atoms with van der Waals surface area (Å²) in [5.74, 6) is 2.20. The van der Waals surface area contributed by atoms with Crippen molar-refractivity contribution in [3.63, 3.8) is 0 Å². The molecule has 0 bridgehead atoms. The highest BCUT2D eigenvalue weighted by molar-refractivity contribution is 7.03. The molecule has 3 nitrogen and oxygen atoms in total. The third-order valence-corrected chi connectivity index (χ3v) is 12.6. The van der Waals surface area contributed by atoms with Crippen molar-refractivity contribution in [2.24, 2.45) is 0 Å². The highest BCUT2D eigenvalue weighted by atomic mass is 28.3. The molecule has 0 radical (unpaired) electrons. The van der Waals surface area contributed by atoms with Gasteiger partial charge in [-0.15, -0.1) is 0 Å². The SMILES string of the molecule is CC(C)c1cccc(C(C)C)c1-n1cc[n+]2c1-c1ccc3c(c1C2)[Si](C)(C)c1ccccc1N3c1ccccc1. The summed E-state index contributed by atoms with van der Waals surface area (Å²) in [5.41, 5.74) is 11.0. The van der Waals surface area contributed by atoms with Gasteiger partial charge in [0.2, 0.25) is 0 Å². The van der Waals surface area contributed by atoms with Crippen LogP contribution in [0.5, 0.6) is 0 Å². The minimum absolute atomic E-state index is 0.448. The van der Waals surface area contributed by atoms with E-state index in [1.807, 2.05) is 0 Å². The van der Waals surface area contributed by atoms with E-state index in [1.165, 1.54) is 56.0 Å². The first-order chi connectivity index (χ1) is 19.3. The topological polar surface area (TPSA) is 12.0 Å². The minimum atomic E-state index is -1.99. The minimum Gasteiger partial charge on any atom is -0.311 e. The van der Waals surface area contributed by atoms with Crippen LogP contribution in [0.25, 0.3) is 17.1 Å². The Hall–Kier alpha value is -3.89. The maximum atomic E-state index is 2.54. The van der Waals surface area contributed by atoms with Crippen molar-refractivity contribution in [3.05, 3.63) is 114 Å². The summed E-state index contributed by atoms with van der Waals surface area (Å²) in [6.07, 6.45) is 4.59. The normalized spacial score (nSPS) is 14.8. The van der Waals surface area contributed by atoms with E-state index in [0.29, 0.717) is 11.8 Å². The Balaban J connectivity index is 1.49. The number of hydrogen-bond acceptors (Lipinski definition) is 1. The van der Waals surface area contributed by atoms with Crippen molar-refractivity contribution in [1.29, 1.82) is 0 Å². The molecule has 5 aromatic rings. The fourth-order valence-corrected chi connectivity index (χ4v) is 10.6. The predicted octanol–water partition coefficient (Wildman–Crippen LogP) is 7.65. The van der Waals surface area contributed by atoms with Gasteiger partial charge in [0.25, 0.3) is 5.82 Å². The summed E-state index contributed by atoms with van der Waals surface area (Å²) in [6, 6.07) is 31.6. The van der Waals surface area contributed by atoms with Crippen LogP contribution >= 0.6 is 0 Å². The molecular formula is C36H38N3Si+. The molecule has 1 aromatic heterocycles. The highest BCUT2D eigenvalue weighted by Crippen LogP contribution is 2.42. The molecular weight excluding hydrogens is 503 g/mol. The first-order valence-electron chi connectivity index (χ1n) is 14.6. The van der Waals surface area contributed by atoms with E-state index in [-0.39, 0.29) is 0 Å². The van der Waals surface area contributed by atoms with E-state index in [1.54, 1.807) is 5.19 Å². The van der Waals surface area contributed by atoms with Crippen molar-refractivity contribution < 1.29 is 4.57 Å². The van der Waals surface area contributed by atoms with Crippen molar-refractivity contribution in [2.45, 2.75) is 59.2 Å². The van der Waals surface area contributed by atoms with Gasteiger partial charge in [0.1, 0.15) is 32.7 Å². The molecule has 0 N–H and O–H groups in total. The van der Waals surface area contributed by atoms with Gasteiger partial charge in [0.05, 0.1) is 5.56 Å². The van der Waals surface area contributed by atoms with Gasteiger partial charge in [0, 0.05) is 33.8 Å². The predicted molar refractivity (Wildman–Crippen MR) is 170 cm³/mol. The zero-order chi connectivity index (χ0) is 27.8. The van der Waals surface area contributed by atoms with E-state index < -0.39 is 8.07 Å². The fraction of sp³-hybridized carbons (Fsp3) is 0.250. The van der Waals surface area contributed by atoms with Crippen LogP contribution in [0.15, 0.2) is 97.3 Å². The Morgan fingerprint density at radius 3 is 2.10 bits per heavy atom. The molecule has 0 aliphatic carbocycles. The van der Waals surface area contributed by atoms with Crippen molar-refractivity contribution >= 4 is 35.5 Å². The molecule has 4 aromatic carbocycles. The number of fused-ring (bicyclic) bond motifs is 6. The number of para-hydroxylation sites is 3. The fourth-order valence-electron chi connectivity index (χ4n) is 7.19. The summed E-state index contributed by atoms with van der Waals surface area (Å²) < 4.78 is 4.97. The van der Waals surface area contributed by atoms with Gasteiger partial charge < -0.3 is 4.90 Å². The molecule has 0 unspecified atom stereocenters. The molecule has 3 heterocycles. The number of hydrogen-bond donors (Lipinski definition) is 0. The second kappa shape index (κ2) is 9.07. The third kappa shape index (κ3) is 3.52. The number of aromatic nitrogens is 2. The van der Waals surface area contributed by atoms with Gasteiger partial charge >= 0.3 is 0 Å². The molecule has 0 atom stereocenters. The summed E-state index contributed by atoms with van der Waals surface area (Å²) in [7, 11) is -1.99. The largest absolute Gasteiger partial charge is 0.311 e. The lowest BCUT2D eigenvalue weighted by atomic mass is 9.92. The Morgan fingerprint density at radius 2 is 1.40 bits per heavy atom. The summed E-state index contributed by atoms with van der Waals surface area (Å²) >= 11 is 0. The highest BCUT2D eigenvalue weighted by Gasteiger charge is 2.44. The molecule has 40 heavy (non-hydrogen) atoms. The number of nitrogens with zero attached hydrogens (tertiary/aromatic N) is 3. The van der Waals surface area contributed by atoms with Gasteiger partial charge in [-0.05, 0) is 52.5 Å². The Kier molecular flexibility index (Phi) is 5.69. The molecule has 2 aliphatic rings. The van der Waals surface area contributed by atoms with Gasteiger partial charge in [0.15, 0.2) is 0 Å². The molecule has 0 amide bonds. The van der Waals surface area contributed by atoms with Crippen LogP contribution in [-0.2, 0) is 6.54 Å². The lowest BCUT2D eigenvalue weighted by Crippen LogP contribution is -2.60. The Morgan fingerprint density at radius 1 is 0.725 bits per heavy atom. The Labute approximate surface area is 239 Å². The van der Waals surface area contributed by atoms with Crippen LogP contribution in [0.4, 0.5) is 17.1 Å². The average molecular weight is 541 g/mol. The zero-order valence-electron chi connectivity index (χ0n) is 24.4. The van der Waals surface area contributed by atoms with Gasteiger partial charge in [-0.3, -0.25) is 0 Å². The molecule has 4 heteroatoms. The maximum absolute atomic E-state index is 2.54. The van der Waals surface area contributed by atoms with Crippen molar-refractivity contribution in [1.82, 2.24) is 4.57 Å². The monoisotopic (exact) mass is 540 g/mol. The molecule has 0 fully saturated rings. The molecule has 2 aliphatic heterocycles. The van der Waals surface area contributed by atoms with Crippen molar-refractivity contribution in [2.75, 3.05) is 4.90 Å². The molecule has 0 saturated carbocycles. The third-order valence-electron chi connectivity index (χ3n) is 9.04. The quantitative estimate of drug-likeness (QED) is 0.165. The van der Waals surface area contributed by atoms with E-state index in [9.17, 15) is 0 Å². The van der Waals surface area contributed by atoms with E-state index in [2.05, 4.69) is 152 Å². The van der Waals surface area contributed by atoms with Crippen LogP contribution < -0.4 is 19.8 Å². The lowest BCUT2D eigenvalue weighted by Gasteiger charge is -2.42. The van der Waals surface area contributed by atoms with Crippen molar-refractivity contribution in [3.8, 4) is 17.1 Å². The summed E-state index contributed by atoms with van der Waals surface area (Å²) in [4.78, 5) is 2.50. The summed E-state index contributed by atoms with van der Waals surface area (Å²) in [6.45, 7) is 15.3. The van der Waals surface area contributed by atoms with E-state index in [4.69, 9.17) is 0 Å². The summed E-state index contributed by atoms with van der Waals surface area (Å²) in [5, 5.41) is 3.08. The maximum Gasteiger partial charge on any atom is 0.294 e. The van der Waals surface area contributed by atoms with E-state index in [0.717, 1.165) is 6.54 Å². The molecule has 0 saturated heterocycles. The second-order valence-electron chi connectivity index (χ2n) is 12.5. The average Bonchev–Trinajstić information content (AvgIpc) is 3.52. The van der Waals surface area contributed by atoms with Crippen LogP contribution in [0, 0.1) is 0 Å². The number of anilines is 3. The zero-order valence-corrected chi connectivity index (χ0v) is 25.4. The second-order valence-corrected chi connectivity index (χ2v) is 16.8. The standard InChI is InChI=1S/C36H38N3Si/c1-24(2)27-15-12-16-28(25(3)4)34(27)38-22-21-37-23-30-29(36(37)38)19-20-32-35(30)40(5,6)33-18-11-10-17-31(33)39(32)26-13-8-7-9-14-26/h7-22,24-25H,23H2,1-6H3/q+1. The smallest absolute Gasteiger partial charge is 0.294 e. The molecule has 0 spiro atoms. The van der Waals surface area contributed by atoms with Gasteiger partial charge in [-0.1, -0.05) is 95.4 Å². The van der Waals surface area contributed by atoms with Crippen LogP contribution in [-0.4, -0.2) is 12.6 Å². The van der Waals surface area contributed by atoms with Gasteiger partial charge in [-0.2, -0.15) is 4.57 Å². The number of imidazole rings is 1. The van der Waals surface area contributed by atoms with Crippen LogP contribution in [0.1, 0.15) is 56.2 Å². The Bertz CT molecular complexity index is 1730. The first-order valence-corrected chi connectivity index (χ1v) is 17.6. The van der Waals surface area contributed by atoms with Crippen LogP contribution in [0.2, 0.25) is 13.1 Å². The number of benzene rings is 4. The van der Waals surface area contributed by atoms with Crippen LogP contribution in [0.3, 0.4) is 0 Å². The first kappa shape index (κ1) is 25.1.